The molecule has 7 nitrogen and oxygen atoms in total. The molecule has 0 bridgehead atoms. The Hall–Kier alpha value is -1.83. The van der Waals surface area contributed by atoms with Crippen molar-refractivity contribution in [1.82, 2.24) is 9.88 Å². The van der Waals surface area contributed by atoms with E-state index in [-0.39, 0.29) is 11.7 Å². The van der Waals surface area contributed by atoms with Crippen molar-refractivity contribution in [3.8, 4) is 0 Å². The van der Waals surface area contributed by atoms with Gasteiger partial charge in [-0.3, -0.25) is 9.59 Å². The van der Waals surface area contributed by atoms with Gasteiger partial charge in [0.2, 0.25) is 0 Å². The maximum absolute atomic E-state index is 12.1. The molecule has 1 unspecified atom stereocenters. The molecule has 0 radical (unpaired) electrons. The van der Waals surface area contributed by atoms with Crippen LogP contribution in [0.2, 0.25) is 0 Å². The number of nitrogens with one attached hydrogen (secondary N) is 1. The number of nitrogens with zero attached hydrogens (tertiary/aromatic N) is 1. The number of carboxylic acids is 2. The Morgan fingerprint density at radius 1 is 1.35 bits per heavy atom. The van der Waals surface area contributed by atoms with Crippen molar-refractivity contribution in [3.63, 3.8) is 0 Å². The molecule has 110 valence electrons. The molecule has 1 amide bonds. The molecule has 1 heterocycles. The average molecular weight is 347 g/mol. The molecule has 1 atom stereocenters. The fourth-order valence-corrected chi connectivity index (χ4v) is 2.10. The number of carboxylic acid groups (broad SMARTS) is 2. The van der Waals surface area contributed by atoms with Crippen LogP contribution in [0.4, 0.5) is 0 Å². The first kappa shape index (κ1) is 16.2. The van der Waals surface area contributed by atoms with Crippen LogP contribution < -0.4 is 5.32 Å². The molecule has 20 heavy (non-hydrogen) atoms. The molecule has 1 aromatic heterocycles. The second-order valence-corrected chi connectivity index (χ2v) is 5.42. The summed E-state index contributed by atoms with van der Waals surface area (Å²) in [6.45, 7) is 3.74. The molecule has 8 heteroatoms. The highest BCUT2D eigenvalue weighted by Gasteiger charge is 2.25. The van der Waals surface area contributed by atoms with E-state index in [1.165, 1.54) is 0 Å². The van der Waals surface area contributed by atoms with Gasteiger partial charge in [-0.1, -0.05) is 0 Å². The van der Waals surface area contributed by atoms with Gasteiger partial charge in [0.1, 0.15) is 11.7 Å². The minimum Gasteiger partial charge on any atom is -0.481 e. The second-order valence-electron chi connectivity index (χ2n) is 4.51. The van der Waals surface area contributed by atoms with Gasteiger partial charge in [-0.05, 0) is 35.8 Å². The fraction of sp³-hybridized carbons (Fsp3) is 0.417. The molecule has 0 aliphatic carbocycles. The number of carbonyl (C=O) groups excluding carboxylic acids is 1. The van der Waals surface area contributed by atoms with Crippen LogP contribution in [0.3, 0.4) is 0 Å². The number of aliphatic carboxylic acids is 2. The van der Waals surface area contributed by atoms with E-state index < -0.39 is 30.3 Å². The third kappa shape index (κ3) is 4.09. The summed E-state index contributed by atoms with van der Waals surface area (Å²) in [5.74, 6) is -3.31. The van der Waals surface area contributed by atoms with Crippen molar-refractivity contribution in [2.45, 2.75) is 32.4 Å². The van der Waals surface area contributed by atoms with E-state index in [9.17, 15) is 14.4 Å². The first-order valence-corrected chi connectivity index (χ1v) is 6.64. The Morgan fingerprint density at radius 2 is 1.95 bits per heavy atom. The molecular formula is C12H15BrN2O5. The fourth-order valence-electron chi connectivity index (χ4n) is 1.66. The molecule has 0 aromatic carbocycles. The Kier molecular flexibility index (Phi) is 5.32. The summed E-state index contributed by atoms with van der Waals surface area (Å²) in [7, 11) is 0. The number of aromatic nitrogens is 1. The largest absolute Gasteiger partial charge is 0.481 e. The first-order valence-electron chi connectivity index (χ1n) is 5.85. The SMILES string of the molecule is CC(C)n1cc(Br)cc1C(=O)NC(CC(=O)O)C(=O)O. The van der Waals surface area contributed by atoms with Crippen LogP contribution in [0.15, 0.2) is 16.7 Å². The summed E-state index contributed by atoms with van der Waals surface area (Å²) in [6.07, 6.45) is 1.02. The van der Waals surface area contributed by atoms with E-state index in [0.717, 1.165) is 0 Å². The smallest absolute Gasteiger partial charge is 0.326 e. The number of rotatable bonds is 6. The van der Waals surface area contributed by atoms with Gasteiger partial charge in [0, 0.05) is 16.7 Å². The van der Waals surface area contributed by atoms with Crippen LogP contribution in [-0.2, 0) is 9.59 Å². The Bertz CT molecular complexity index is 538. The highest BCUT2D eigenvalue weighted by molar-refractivity contribution is 9.10. The normalized spacial score (nSPS) is 12.2. The summed E-state index contributed by atoms with van der Waals surface area (Å²) in [4.78, 5) is 33.6. The Morgan fingerprint density at radius 3 is 2.40 bits per heavy atom. The van der Waals surface area contributed by atoms with Crippen molar-refractivity contribution in [2.75, 3.05) is 0 Å². The van der Waals surface area contributed by atoms with Crippen molar-refractivity contribution in [2.24, 2.45) is 0 Å². The molecular weight excluding hydrogens is 332 g/mol. The van der Waals surface area contributed by atoms with Crippen molar-refractivity contribution in [3.05, 3.63) is 22.4 Å². The van der Waals surface area contributed by atoms with Gasteiger partial charge < -0.3 is 20.1 Å². The summed E-state index contributed by atoms with van der Waals surface area (Å²) in [5.41, 5.74) is 0.267. The van der Waals surface area contributed by atoms with E-state index >= 15 is 0 Å². The summed E-state index contributed by atoms with van der Waals surface area (Å²) < 4.78 is 2.35. The van der Waals surface area contributed by atoms with Crippen LogP contribution in [0.1, 0.15) is 36.8 Å². The Labute approximate surface area is 123 Å². The van der Waals surface area contributed by atoms with Crippen LogP contribution >= 0.6 is 15.9 Å². The average Bonchev–Trinajstić information content (AvgIpc) is 2.69. The number of carbonyl (C=O) groups is 3. The minimum atomic E-state index is -1.46. The van der Waals surface area contributed by atoms with Crippen LogP contribution in [0, 0.1) is 0 Å². The highest BCUT2D eigenvalue weighted by Crippen LogP contribution is 2.19. The lowest BCUT2D eigenvalue weighted by Gasteiger charge is -2.15. The van der Waals surface area contributed by atoms with E-state index in [1.54, 1.807) is 16.8 Å². The van der Waals surface area contributed by atoms with Gasteiger partial charge in [-0.15, -0.1) is 0 Å². The lowest BCUT2D eigenvalue weighted by Crippen LogP contribution is -2.42. The second kappa shape index (κ2) is 6.56. The standard InChI is InChI=1S/C12H15BrN2O5/c1-6(2)15-5-7(13)3-9(15)11(18)14-8(12(19)20)4-10(16)17/h3,5-6,8H,4H2,1-2H3,(H,14,18)(H,16,17)(H,19,20). The van der Waals surface area contributed by atoms with Crippen LogP contribution in [0.25, 0.3) is 0 Å². The maximum atomic E-state index is 12.1. The van der Waals surface area contributed by atoms with Gasteiger partial charge in [0.15, 0.2) is 0 Å². The Balaban J connectivity index is 2.94. The molecule has 0 saturated heterocycles. The molecule has 1 rings (SSSR count). The van der Waals surface area contributed by atoms with Gasteiger partial charge in [-0.25, -0.2) is 4.79 Å². The van der Waals surface area contributed by atoms with Gasteiger partial charge in [-0.2, -0.15) is 0 Å². The van der Waals surface area contributed by atoms with Gasteiger partial charge >= 0.3 is 11.9 Å². The quantitative estimate of drug-likeness (QED) is 0.722. The third-order valence-electron chi connectivity index (χ3n) is 2.59. The van der Waals surface area contributed by atoms with Crippen molar-refractivity contribution < 1.29 is 24.6 Å². The predicted molar refractivity (Wildman–Crippen MR) is 73.7 cm³/mol. The van der Waals surface area contributed by atoms with Gasteiger partial charge in [0.25, 0.3) is 5.91 Å². The summed E-state index contributed by atoms with van der Waals surface area (Å²) >= 11 is 3.24. The van der Waals surface area contributed by atoms with E-state index in [0.29, 0.717) is 4.47 Å². The predicted octanol–water partition coefficient (Wildman–Crippen LogP) is 1.49. The topological polar surface area (TPSA) is 109 Å². The van der Waals surface area contributed by atoms with Crippen LogP contribution in [-0.4, -0.2) is 38.7 Å². The monoisotopic (exact) mass is 346 g/mol. The molecule has 0 aliphatic rings. The molecule has 0 fully saturated rings. The number of hydrogen-bond acceptors (Lipinski definition) is 3. The molecule has 0 saturated carbocycles. The highest BCUT2D eigenvalue weighted by atomic mass is 79.9. The van der Waals surface area contributed by atoms with Crippen molar-refractivity contribution >= 4 is 33.8 Å². The molecule has 1 aromatic rings. The third-order valence-corrected chi connectivity index (χ3v) is 3.02. The summed E-state index contributed by atoms with van der Waals surface area (Å²) in [5, 5.41) is 19.8. The zero-order valence-electron chi connectivity index (χ0n) is 11.0. The molecule has 3 N–H and O–H groups in total. The van der Waals surface area contributed by atoms with E-state index in [4.69, 9.17) is 10.2 Å². The minimum absolute atomic E-state index is 0.00445. The van der Waals surface area contributed by atoms with E-state index in [1.807, 2.05) is 13.8 Å². The number of halogens is 1. The summed E-state index contributed by atoms with van der Waals surface area (Å²) in [6, 6.07) is 0.0914. The lowest BCUT2D eigenvalue weighted by molar-refractivity contribution is -0.145. The zero-order valence-corrected chi connectivity index (χ0v) is 12.5. The molecule has 0 spiro atoms. The molecule has 0 aliphatic heterocycles. The maximum Gasteiger partial charge on any atom is 0.326 e. The van der Waals surface area contributed by atoms with Gasteiger partial charge in [0.05, 0.1) is 6.42 Å². The lowest BCUT2D eigenvalue weighted by atomic mass is 10.2. The zero-order chi connectivity index (χ0) is 15.4. The first-order chi connectivity index (χ1) is 9.22. The number of amides is 1. The van der Waals surface area contributed by atoms with Crippen molar-refractivity contribution in [1.29, 1.82) is 0 Å². The van der Waals surface area contributed by atoms with E-state index in [2.05, 4.69) is 21.2 Å². The van der Waals surface area contributed by atoms with Crippen LogP contribution in [0.5, 0.6) is 0 Å². The number of hydrogen-bond donors (Lipinski definition) is 3.